The van der Waals surface area contributed by atoms with Gasteiger partial charge in [-0.3, -0.25) is 9.59 Å². The summed E-state index contributed by atoms with van der Waals surface area (Å²) < 4.78 is 39.6. The van der Waals surface area contributed by atoms with Crippen molar-refractivity contribution in [2.45, 2.75) is 74.8 Å². The van der Waals surface area contributed by atoms with Crippen LogP contribution in [0.3, 0.4) is 0 Å². The molecule has 6 N–H and O–H groups in total. The first-order valence-electron chi connectivity index (χ1n) is 16.3. The number of halogens is 2. The number of hydrogen-bond acceptors (Lipinski definition) is 8. The van der Waals surface area contributed by atoms with E-state index in [1.54, 1.807) is 48.5 Å². The van der Waals surface area contributed by atoms with Crippen molar-refractivity contribution in [2.24, 2.45) is 0 Å². The standard InChI is InChI=1S/C38H38F2N2O8/c39-25-11-5-7-21(15-25)19-49-35(37(47)41-31-27-13-3-1-9-23(27)17-29(31)43)33(45)34(46)36(50-20-22-8-6-12-26(40)16-22)38(48)42-32-28-14-4-2-10-24(28)18-30(32)44/h1-16,29-36,43-46H,17-20H2,(H,41,47)(H,42,48)/t29-,30-,31+,32+,33-,34-,35-,36?/m1/s1. The van der Waals surface area contributed by atoms with E-state index in [-0.39, 0.29) is 26.1 Å². The van der Waals surface area contributed by atoms with Crippen LogP contribution in [0, 0.1) is 11.6 Å². The third-order valence-corrected chi connectivity index (χ3v) is 9.13. The van der Waals surface area contributed by atoms with Gasteiger partial charge >= 0.3 is 0 Å². The molecule has 262 valence electrons. The number of rotatable bonds is 13. The van der Waals surface area contributed by atoms with E-state index in [1.165, 1.54) is 36.4 Å². The van der Waals surface area contributed by atoms with Crippen LogP contribution in [-0.4, -0.2) is 68.9 Å². The van der Waals surface area contributed by atoms with Crippen molar-refractivity contribution in [1.29, 1.82) is 0 Å². The number of nitrogens with one attached hydrogen (secondary N) is 2. The fourth-order valence-corrected chi connectivity index (χ4v) is 6.61. The molecule has 2 amide bonds. The Balaban J connectivity index is 1.27. The Hall–Kier alpha value is -4.56. The maximum atomic E-state index is 14.0. The summed E-state index contributed by atoms with van der Waals surface area (Å²) in [6.07, 6.45) is -9.35. The molecule has 0 aromatic heterocycles. The highest BCUT2D eigenvalue weighted by Crippen LogP contribution is 2.33. The van der Waals surface area contributed by atoms with Crippen molar-refractivity contribution >= 4 is 11.8 Å². The Bertz CT molecular complexity index is 1690. The Kier molecular flexibility index (Phi) is 11.0. The van der Waals surface area contributed by atoms with E-state index in [4.69, 9.17) is 9.47 Å². The normalized spacial score (nSPS) is 21.8. The van der Waals surface area contributed by atoms with Crippen molar-refractivity contribution in [3.05, 3.63) is 142 Å². The summed E-state index contributed by atoms with van der Waals surface area (Å²) in [6, 6.07) is 23.3. The first kappa shape index (κ1) is 35.3. The highest BCUT2D eigenvalue weighted by molar-refractivity contribution is 5.84. The predicted molar refractivity (Wildman–Crippen MR) is 176 cm³/mol. The summed E-state index contributed by atoms with van der Waals surface area (Å²) in [4.78, 5) is 27.7. The van der Waals surface area contributed by atoms with Crippen molar-refractivity contribution in [1.82, 2.24) is 10.6 Å². The molecule has 50 heavy (non-hydrogen) atoms. The summed E-state index contributed by atoms with van der Waals surface area (Å²) in [7, 11) is 0. The molecule has 0 saturated carbocycles. The number of amides is 2. The molecule has 12 heteroatoms. The maximum absolute atomic E-state index is 14.0. The Morgan fingerprint density at radius 1 is 0.640 bits per heavy atom. The first-order chi connectivity index (χ1) is 24.1. The van der Waals surface area contributed by atoms with Crippen LogP contribution in [0.1, 0.15) is 45.5 Å². The Morgan fingerprint density at radius 3 is 1.44 bits per heavy atom. The molecule has 1 unspecified atom stereocenters. The van der Waals surface area contributed by atoms with Crippen LogP contribution in [0.5, 0.6) is 0 Å². The van der Waals surface area contributed by atoms with E-state index >= 15 is 0 Å². The molecular weight excluding hydrogens is 650 g/mol. The molecule has 10 nitrogen and oxygen atoms in total. The highest BCUT2D eigenvalue weighted by atomic mass is 19.1. The lowest BCUT2D eigenvalue weighted by Crippen LogP contribution is -2.57. The lowest BCUT2D eigenvalue weighted by molar-refractivity contribution is -0.171. The van der Waals surface area contributed by atoms with Gasteiger partial charge in [0.1, 0.15) is 23.8 Å². The number of aliphatic hydroxyl groups is 4. The number of aliphatic hydroxyl groups excluding tert-OH is 4. The van der Waals surface area contributed by atoms with E-state index < -0.39 is 72.2 Å². The highest BCUT2D eigenvalue weighted by Gasteiger charge is 2.44. The van der Waals surface area contributed by atoms with Crippen LogP contribution in [0.25, 0.3) is 0 Å². The summed E-state index contributed by atoms with van der Waals surface area (Å²) in [5, 5.41) is 50.2. The van der Waals surface area contributed by atoms with Crippen LogP contribution in [0.2, 0.25) is 0 Å². The van der Waals surface area contributed by atoms with E-state index in [2.05, 4.69) is 10.6 Å². The molecule has 2 aliphatic rings. The fraction of sp³-hybridized carbons (Fsp3) is 0.316. The average molecular weight is 689 g/mol. The number of carbonyl (C=O) groups is 2. The second-order valence-electron chi connectivity index (χ2n) is 12.6. The van der Waals surface area contributed by atoms with Gasteiger partial charge in [-0.2, -0.15) is 0 Å². The third-order valence-electron chi connectivity index (χ3n) is 9.13. The second kappa shape index (κ2) is 15.5. The van der Waals surface area contributed by atoms with Gasteiger partial charge in [0.25, 0.3) is 11.8 Å². The molecular formula is C38H38F2N2O8. The van der Waals surface area contributed by atoms with Crippen LogP contribution < -0.4 is 10.6 Å². The number of benzene rings is 4. The van der Waals surface area contributed by atoms with Crippen LogP contribution >= 0.6 is 0 Å². The minimum atomic E-state index is -2.11. The quantitative estimate of drug-likeness (QED) is 0.125. The first-order valence-corrected chi connectivity index (χ1v) is 16.3. The predicted octanol–water partition coefficient (Wildman–Crippen LogP) is 2.71. The number of hydrogen-bond donors (Lipinski definition) is 6. The monoisotopic (exact) mass is 688 g/mol. The lowest BCUT2D eigenvalue weighted by Gasteiger charge is -2.32. The minimum absolute atomic E-state index is 0.271. The van der Waals surface area contributed by atoms with Crippen LogP contribution in [0.15, 0.2) is 97.1 Å². The van der Waals surface area contributed by atoms with Gasteiger partial charge in [-0.1, -0.05) is 72.8 Å². The second-order valence-corrected chi connectivity index (χ2v) is 12.6. The van der Waals surface area contributed by atoms with Crippen molar-refractivity contribution < 1.29 is 48.3 Å². The fourth-order valence-electron chi connectivity index (χ4n) is 6.61. The van der Waals surface area contributed by atoms with Crippen LogP contribution in [-0.2, 0) is 45.1 Å². The maximum Gasteiger partial charge on any atom is 0.252 e. The molecule has 0 spiro atoms. The molecule has 0 heterocycles. The van der Waals surface area contributed by atoms with Crippen molar-refractivity contribution in [3.8, 4) is 0 Å². The molecule has 0 radical (unpaired) electrons. The molecule has 0 bridgehead atoms. The van der Waals surface area contributed by atoms with E-state index in [0.717, 1.165) is 11.1 Å². The summed E-state index contributed by atoms with van der Waals surface area (Å²) >= 11 is 0. The Morgan fingerprint density at radius 2 is 1.04 bits per heavy atom. The zero-order valence-electron chi connectivity index (χ0n) is 26.9. The number of ether oxygens (including phenoxy) is 2. The van der Waals surface area contributed by atoms with Gasteiger partial charge in [0.15, 0.2) is 12.2 Å². The average Bonchev–Trinajstić information content (AvgIpc) is 3.59. The molecule has 6 rings (SSSR count). The zero-order valence-corrected chi connectivity index (χ0v) is 26.9. The molecule has 4 aromatic carbocycles. The van der Waals surface area contributed by atoms with Gasteiger partial charge in [0.05, 0.1) is 37.5 Å². The molecule has 0 saturated heterocycles. The van der Waals surface area contributed by atoms with Gasteiger partial charge in [-0.15, -0.1) is 0 Å². The minimum Gasteiger partial charge on any atom is -0.390 e. The topological polar surface area (TPSA) is 158 Å². The van der Waals surface area contributed by atoms with Gasteiger partial charge in [-0.25, -0.2) is 8.78 Å². The number of fused-ring (bicyclic) bond motifs is 2. The van der Waals surface area contributed by atoms with Crippen molar-refractivity contribution in [3.63, 3.8) is 0 Å². The van der Waals surface area contributed by atoms with Gasteiger partial charge in [0, 0.05) is 12.8 Å². The summed E-state index contributed by atoms with van der Waals surface area (Å²) in [6.45, 7) is -0.731. The van der Waals surface area contributed by atoms with Gasteiger partial charge in [-0.05, 0) is 57.6 Å². The number of carbonyl (C=O) groups excluding carboxylic acids is 2. The molecule has 4 aromatic rings. The van der Waals surface area contributed by atoms with Crippen molar-refractivity contribution in [2.75, 3.05) is 0 Å². The van der Waals surface area contributed by atoms with E-state index in [0.29, 0.717) is 22.3 Å². The summed E-state index contributed by atoms with van der Waals surface area (Å²) in [5.41, 5.74) is 3.61. The third kappa shape index (κ3) is 7.91. The van der Waals surface area contributed by atoms with Crippen LogP contribution in [0.4, 0.5) is 8.78 Å². The summed E-state index contributed by atoms with van der Waals surface area (Å²) in [5.74, 6) is -2.95. The smallest absolute Gasteiger partial charge is 0.252 e. The van der Waals surface area contributed by atoms with Gasteiger partial charge < -0.3 is 40.5 Å². The van der Waals surface area contributed by atoms with Gasteiger partial charge in [0.2, 0.25) is 0 Å². The molecule has 8 atom stereocenters. The molecule has 0 aliphatic heterocycles. The SMILES string of the molecule is O=C(N[C@H]1c2ccccc2C[C@H]1O)C(OCc1cccc(F)c1)[C@H](O)[C@@H](O)[C@@H](OCc1cccc(F)c1)C(=O)N[C@H]1c2ccccc2C[C@H]1O. The Labute approximate surface area is 287 Å². The largest absolute Gasteiger partial charge is 0.390 e. The van der Waals surface area contributed by atoms with E-state index in [9.17, 15) is 38.8 Å². The lowest BCUT2D eigenvalue weighted by atomic mass is 9.99. The van der Waals surface area contributed by atoms with E-state index in [1.807, 2.05) is 12.1 Å². The molecule has 2 aliphatic carbocycles. The molecule has 0 fully saturated rings. The zero-order chi connectivity index (χ0) is 35.4.